The van der Waals surface area contributed by atoms with Crippen LogP contribution in [0.15, 0.2) is 58.8 Å². The van der Waals surface area contributed by atoms with E-state index in [2.05, 4.69) is 4.98 Å². The van der Waals surface area contributed by atoms with Gasteiger partial charge >= 0.3 is 6.18 Å². The molecule has 0 spiro atoms. The van der Waals surface area contributed by atoms with Gasteiger partial charge in [-0.1, -0.05) is 29.8 Å². The largest absolute Gasteiger partial charge is 0.416 e. The fraction of sp³-hybridized carbons (Fsp3) is 0.211. The molecule has 0 aliphatic heterocycles. The number of aromatic nitrogens is 1. The molecule has 3 aromatic rings. The molecule has 0 atom stereocenters. The summed E-state index contributed by atoms with van der Waals surface area (Å²) < 4.78 is 64.5. The van der Waals surface area contributed by atoms with E-state index in [-0.39, 0.29) is 11.4 Å². The van der Waals surface area contributed by atoms with E-state index in [1.807, 2.05) is 6.92 Å². The third-order valence-electron chi connectivity index (χ3n) is 4.12. The van der Waals surface area contributed by atoms with Crippen LogP contribution in [0.3, 0.4) is 0 Å². The van der Waals surface area contributed by atoms with Crippen molar-refractivity contribution < 1.29 is 21.6 Å². The molecule has 28 heavy (non-hydrogen) atoms. The number of sulfonamides is 1. The van der Waals surface area contributed by atoms with Crippen molar-refractivity contribution >= 4 is 21.4 Å². The van der Waals surface area contributed by atoms with E-state index < -0.39 is 21.8 Å². The van der Waals surface area contributed by atoms with Crippen LogP contribution >= 0.6 is 11.3 Å². The number of halogens is 3. The van der Waals surface area contributed by atoms with Gasteiger partial charge in [0.1, 0.15) is 5.01 Å². The van der Waals surface area contributed by atoms with Gasteiger partial charge in [0.25, 0.3) is 0 Å². The molecule has 0 saturated carbocycles. The first-order chi connectivity index (χ1) is 13.1. The topological polar surface area (TPSA) is 50.3 Å². The van der Waals surface area contributed by atoms with Crippen LogP contribution in [0.2, 0.25) is 0 Å². The second kappa shape index (κ2) is 7.65. The molecule has 0 unspecified atom stereocenters. The number of thiazole rings is 1. The van der Waals surface area contributed by atoms with E-state index in [1.54, 1.807) is 29.6 Å². The predicted octanol–water partition coefficient (Wildman–Crippen LogP) is 4.96. The lowest BCUT2D eigenvalue weighted by atomic mass is 10.1. The molecule has 0 aliphatic rings. The highest BCUT2D eigenvalue weighted by Gasteiger charge is 2.30. The van der Waals surface area contributed by atoms with E-state index in [0.29, 0.717) is 16.3 Å². The lowest BCUT2D eigenvalue weighted by Gasteiger charge is -2.16. The third-order valence-corrected chi connectivity index (χ3v) is 6.88. The highest BCUT2D eigenvalue weighted by molar-refractivity contribution is 7.89. The van der Waals surface area contributed by atoms with E-state index in [1.165, 1.54) is 34.8 Å². The van der Waals surface area contributed by atoms with Gasteiger partial charge in [0.2, 0.25) is 10.0 Å². The first-order valence-electron chi connectivity index (χ1n) is 8.22. The molecule has 1 heterocycles. The van der Waals surface area contributed by atoms with Gasteiger partial charge in [-0.25, -0.2) is 13.4 Å². The van der Waals surface area contributed by atoms with Gasteiger partial charge in [-0.05, 0) is 31.2 Å². The van der Waals surface area contributed by atoms with Gasteiger partial charge in [0, 0.05) is 18.0 Å². The molecule has 0 bridgehead atoms. The van der Waals surface area contributed by atoms with Crippen LogP contribution in [-0.2, 0) is 22.7 Å². The Bertz CT molecular complexity index is 1060. The monoisotopic (exact) mass is 426 g/mol. The Morgan fingerprint density at radius 2 is 1.64 bits per heavy atom. The van der Waals surface area contributed by atoms with E-state index in [4.69, 9.17) is 0 Å². The normalized spacial score (nSPS) is 12.5. The van der Waals surface area contributed by atoms with Gasteiger partial charge in [-0.2, -0.15) is 17.5 Å². The first-order valence-corrected chi connectivity index (χ1v) is 10.5. The minimum atomic E-state index is -4.39. The number of rotatable bonds is 5. The summed E-state index contributed by atoms with van der Waals surface area (Å²) in [4.78, 5) is 4.56. The van der Waals surface area contributed by atoms with Crippen molar-refractivity contribution in [2.24, 2.45) is 0 Å². The van der Waals surface area contributed by atoms with Gasteiger partial charge in [-0.15, -0.1) is 11.3 Å². The van der Waals surface area contributed by atoms with Crippen LogP contribution in [0.5, 0.6) is 0 Å². The maximum Gasteiger partial charge on any atom is 0.416 e. The number of benzene rings is 2. The highest BCUT2D eigenvalue weighted by Crippen LogP contribution is 2.32. The van der Waals surface area contributed by atoms with E-state index in [9.17, 15) is 21.6 Å². The number of aryl methyl sites for hydroxylation is 1. The van der Waals surface area contributed by atoms with E-state index >= 15 is 0 Å². The SMILES string of the molecule is Cc1ccc(S(=O)(=O)N(C)Cc2csc(-c3ccc(C(F)(F)F)cc3)n2)cc1. The highest BCUT2D eigenvalue weighted by atomic mass is 32.2. The molecular formula is C19H17F3N2O2S2. The maximum atomic E-state index is 12.7. The van der Waals surface area contributed by atoms with Crippen molar-refractivity contribution in [3.05, 3.63) is 70.7 Å². The van der Waals surface area contributed by atoms with Gasteiger partial charge in [0.05, 0.1) is 22.7 Å². The van der Waals surface area contributed by atoms with Gasteiger partial charge in [-0.3, -0.25) is 0 Å². The molecule has 0 radical (unpaired) electrons. The Labute approximate surface area is 165 Å². The number of alkyl halides is 3. The third kappa shape index (κ3) is 4.43. The molecule has 0 fully saturated rings. The lowest BCUT2D eigenvalue weighted by molar-refractivity contribution is -0.137. The molecule has 2 aromatic carbocycles. The molecule has 0 amide bonds. The summed E-state index contributed by atoms with van der Waals surface area (Å²) in [6.45, 7) is 1.94. The van der Waals surface area contributed by atoms with Crippen LogP contribution in [0.25, 0.3) is 10.6 Å². The molecule has 0 N–H and O–H groups in total. The smallest absolute Gasteiger partial charge is 0.240 e. The van der Waals surface area contributed by atoms with Crippen LogP contribution < -0.4 is 0 Å². The standard InChI is InChI=1S/C19H17F3N2O2S2/c1-13-3-9-17(10-4-13)28(25,26)24(2)11-16-12-27-18(23-16)14-5-7-15(8-6-14)19(20,21)22/h3-10,12H,11H2,1-2H3. The Kier molecular flexibility index (Phi) is 5.60. The van der Waals surface area contributed by atoms with Crippen molar-refractivity contribution in [3.63, 3.8) is 0 Å². The Morgan fingerprint density at radius 3 is 2.21 bits per heavy atom. The number of hydrogen-bond donors (Lipinski definition) is 0. The minimum Gasteiger partial charge on any atom is -0.240 e. The fourth-order valence-electron chi connectivity index (χ4n) is 2.52. The predicted molar refractivity (Wildman–Crippen MR) is 102 cm³/mol. The summed E-state index contributed by atoms with van der Waals surface area (Å²) in [5, 5.41) is 2.23. The number of hydrogen-bond acceptors (Lipinski definition) is 4. The summed E-state index contributed by atoms with van der Waals surface area (Å²) >= 11 is 1.25. The van der Waals surface area contributed by atoms with Crippen molar-refractivity contribution in [2.45, 2.75) is 24.5 Å². The summed E-state index contributed by atoms with van der Waals surface area (Å²) in [5.41, 5.74) is 1.31. The second-order valence-corrected chi connectivity index (χ2v) is 9.20. The lowest BCUT2D eigenvalue weighted by Crippen LogP contribution is -2.26. The minimum absolute atomic E-state index is 0.0628. The molecule has 148 valence electrons. The van der Waals surface area contributed by atoms with Crippen molar-refractivity contribution in [3.8, 4) is 10.6 Å². The zero-order valence-electron chi connectivity index (χ0n) is 15.1. The first kappa shape index (κ1) is 20.5. The Balaban J connectivity index is 1.76. The second-order valence-electron chi connectivity index (χ2n) is 6.29. The van der Waals surface area contributed by atoms with Crippen LogP contribution in [0.1, 0.15) is 16.8 Å². The Hall–Kier alpha value is -2.23. The maximum absolute atomic E-state index is 12.7. The van der Waals surface area contributed by atoms with Crippen molar-refractivity contribution in [1.29, 1.82) is 0 Å². The van der Waals surface area contributed by atoms with Crippen molar-refractivity contribution in [2.75, 3.05) is 7.05 Å². The van der Waals surface area contributed by atoms with E-state index in [0.717, 1.165) is 17.7 Å². The van der Waals surface area contributed by atoms with Crippen LogP contribution in [-0.4, -0.2) is 24.8 Å². The summed E-state index contributed by atoms with van der Waals surface area (Å²) in [6.07, 6.45) is -4.39. The quantitative estimate of drug-likeness (QED) is 0.580. The van der Waals surface area contributed by atoms with Gasteiger partial charge < -0.3 is 0 Å². The molecule has 0 aliphatic carbocycles. The molecule has 3 rings (SSSR count). The average molecular weight is 426 g/mol. The molecular weight excluding hydrogens is 409 g/mol. The molecule has 4 nitrogen and oxygen atoms in total. The molecule has 1 aromatic heterocycles. The molecule has 9 heteroatoms. The summed E-state index contributed by atoms with van der Waals surface area (Å²) in [5.74, 6) is 0. The zero-order chi connectivity index (χ0) is 20.5. The van der Waals surface area contributed by atoms with Crippen molar-refractivity contribution in [1.82, 2.24) is 9.29 Å². The number of nitrogens with zero attached hydrogens (tertiary/aromatic N) is 2. The fourth-order valence-corrected chi connectivity index (χ4v) is 4.48. The molecule has 0 saturated heterocycles. The van der Waals surface area contributed by atoms with Crippen LogP contribution in [0.4, 0.5) is 13.2 Å². The summed E-state index contributed by atoms with van der Waals surface area (Å²) in [7, 11) is -2.19. The van der Waals surface area contributed by atoms with Crippen LogP contribution in [0, 0.1) is 6.92 Å². The Morgan fingerprint density at radius 1 is 1.04 bits per heavy atom. The average Bonchev–Trinajstić information content (AvgIpc) is 3.10. The van der Waals surface area contributed by atoms with Gasteiger partial charge in [0.15, 0.2) is 0 Å². The summed E-state index contributed by atoms with van der Waals surface area (Å²) in [6, 6.07) is 11.3. The zero-order valence-corrected chi connectivity index (χ0v) is 16.7.